The molecule has 3 aromatic rings. The monoisotopic (exact) mass is 402 g/mol. The zero-order valence-corrected chi connectivity index (χ0v) is 14.7. The number of ether oxygens (including phenoxy) is 1. The molecule has 0 aliphatic carbocycles. The maximum Gasteiger partial charge on any atom is 0.416 e. The second-order valence-electron chi connectivity index (χ2n) is 6.36. The van der Waals surface area contributed by atoms with E-state index in [2.05, 4.69) is 0 Å². The van der Waals surface area contributed by atoms with Crippen LogP contribution in [0.25, 0.3) is 11.3 Å². The van der Waals surface area contributed by atoms with E-state index < -0.39 is 29.0 Å². The zero-order chi connectivity index (χ0) is 20.8. The van der Waals surface area contributed by atoms with E-state index in [1.807, 2.05) is 0 Å². The van der Waals surface area contributed by atoms with Crippen molar-refractivity contribution in [1.29, 1.82) is 0 Å². The molecule has 0 amide bonds. The van der Waals surface area contributed by atoms with Gasteiger partial charge in [0.25, 0.3) is 0 Å². The van der Waals surface area contributed by atoms with E-state index >= 15 is 0 Å². The number of Topliss-reactive ketones (excluding diaryl/α,β-unsaturated/α-hetero) is 1. The van der Waals surface area contributed by atoms with Gasteiger partial charge in [0.1, 0.15) is 11.5 Å². The number of hydrogen-bond acceptors (Lipinski definition) is 5. The average molecular weight is 402 g/mol. The fourth-order valence-electron chi connectivity index (χ4n) is 2.95. The highest BCUT2D eigenvalue weighted by molar-refractivity contribution is 6.13. The van der Waals surface area contributed by atoms with E-state index in [9.17, 15) is 28.2 Å². The molecular formula is C21H13F3O5. The predicted octanol–water partition coefficient (Wildman–Crippen LogP) is 5.08. The van der Waals surface area contributed by atoms with Crippen molar-refractivity contribution in [1.82, 2.24) is 0 Å². The van der Waals surface area contributed by atoms with Gasteiger partial charge in [0.2, 0.25) is 11.5 Å². The maximum atomic E-state index is 12.9. The van der Waals surface area contributed by atoms with Crippen LogP contribution in [0.3, 0.4) is 0 Å². The third-order valence-corrected chi connectivity index (χ3v) is 4.42. The second kappa shape index (κ2) is 6.73. The molecule has 1 aromatic heterocycles. The molecule has 2 aromatic carbocycles. The fraction of sp³-hybridized carbons (Fsp3) is 0.0952. The number of benzene rings is 2. The van der Waals surface area contributed by atoms with Gasteiger partial charge < -0.3 is 19.4 Å². The lowest BCUT2D eigenvalue weighted by Gasteiger charge is -2.07. The molecule has 29 heavy (non-hydrogen) atoms. The van der Waals surface area contributed by atoms with Crippen LogP contribution in [0.4, 0.5) is 13.2 Å². The van der Waals surface area contributed by atoms with Crippen LogP contribution in [0.5, 0.6) is 17.2 Å². The molecule has 1 aliphatic heterocycles. The number of hydrogen-bond donors (Lipinski definition) is 2. The number of carbonyl (C=O) groups is 1. The van der Waals surface area contributed by atoms with Crippen molar-refractivity contribution in [2.45, 2.75) is 12.6 Å². The van der Waals surface area contributed by atoms with E-state index in [-0.39, 0.29) is 34.8 Å². The Morgan fingerprint density at radius 1 is 1.03 bits per heavy atom. The van der Waals surface area contributed by atoms with Gasteiger partial charge in [-0.1, -0.05) is 12.1 Å². The van der Waals surface area contributed by atoms with Crippen LogP contribution in [0, 0.1) is 0 Å². The first-order chi connectivity index (χ1) is 13.7. The molecule has 2 heterocycles. The first kappa shape index (κ1) is 18.7. The molecule has 0 saturated heterocycles. The number of furan rings is 1. The van der Waals surface area contributed by atoms with Gasteiger partial charge in [-0.2, -0.15) is 13.2 Å². The number of phenolic OH excluding ortho intramolecular Hbond substituents is 2. The summed E-state index contributed by atoms with van der Waals surface area (Å²) in [6.45, 7) is 0. The van der Waals surface area contributed by atoms with Gasteiger partial charge in [-0.25, -0.2) is 0 Å². The average Bonchev–Trinajstić information content (AvgIpc) is 3.28. The van der Waals surface area contributed by atoms with E-state index in [0.717, 1.165) is 12.1 Å². The van der Waals surface area contributed by atoms with Gasteiger partial charge in [0.15, 0.2) is 17.3 Å². The minimum absolute atomic E-state index is 0.0436. The lowest BCUT2D eigenvalue weighted by atomic mass is 10.1. The van der Waals surface area contributed by atoms with E-state index in [4.69, 9.17) is 9.15 Å². The van der Waals surface area contributed by atoms with Crippen LogP contribution in [0.2, 0.25) is 0 Å². The van der Waals surface area contributed by atoms with Crippen molar-refractivity contribution in [2.75, 3.05) is 0 Å². The van der Waals surface area contributed by atoms with Gasteiger partial charge in [-0.05, 0) is 42.5 Å². The van der Waals surface area contributed by atoms with Crippen LogP contribution >= 0.6 is 0 Å². The number of allylic oxidation sites excluding steroid dienone is 2. The first-order valence-electron chi connectivity index (χ1n) is 8.48. The molecule has 0 spiro atoms. The summed E-state index contributed by atoms with van der Waals surface area (Å²) in [5.41, 5.74) is -0.379. The molecule has 2 N–H and O–H groups in total. The SMILES string of the molecule is O=C1C(=CCc2ccc(-c3cccc(C(F)(F)F)c3)o2)Oc2c1ccc(O)c2O. The van der Waals surface area contributed by atoms with Gasteiger partial charge in [0, 0.05) is 12.0 Å². The van der Waals surface area contributed by atoms with Crippen molar-refractivity contribution in [2.24, 2.45) is 0 Å². The van der Waals surface area contributed by atoms with Crippen molar-refractivity contribution in [3.8, 4) is 28.6 Å². The maximum absolute atomic E-state index is 12.9. The molecular weight excluding hydrogens is 389 g/mol. The van der Waals surface area contributed by atoms with Gasteiger partial charge in [0.05, 0.1) is 11.1 Å². The molecule has 0 radical (unpaired) electrons. The number of rotatable bonds is 3. The number of carbonyl (C=O) groups excluding carboxylic acids is 1. The Morgan fingerprint density at radius 2 is 1.83 bits per heavy atom. The van der Waals surface area contributed by atoms with Crippen molar-refractivity contribution < 1.29 is 37.3 Å². The molecule has 0 atom stereocenters. The van der Waals surface area contributed by atoms with Gasteiger partial charge in [-0.3, -0.25) is 4.79 Å². The lowest BCUT2D eigenvalue weighted by Crippen LogP contribution is -2.04. The van der Waals surface area contributed by atoms with Crippen LogP contribution < -0.4 is 4.74 Å². The van der Waals surface area contributed by atoms with Gasteiger partial charge in [-0.15, -0.1) is 0 Å². The van der Waals surface area contributed by atoms with E-state index in [1.165, 1.54) is 30.3 Å². The summed E-state index contributed by atoms with van der Waals surface area (Å²) in [4.78, 5) is 12.3. The lowest BCUT2D eigenvalue weighted by molar-refractivity contribution is -0.137. The van der Waals surface area contributed by atoms with Crippen molar-refractivity contribution in [3.05, 3.63) is 77.3 Å². The summed E-state index contributed by atoms with van der Waals surface area (Å²) in [6, 6.07) is 10.4. The molecule has 1 aliphatic rings. The van der Waals surface area contributed by atoms with Crippen LogP contribution in [0.15, 0.2) is 64.8 Å². The number of ketones is 1. The van der Waals surface area contributed by atoms with E-state index in [1.54, 1.807) is 12.1 Å². The van der Waals surface area contributed by atoms with Crippen molar-refractivity contribution in [3.63, 3.8) is 0 Å². The summed E-state index contributed by atoms with van der Waals surface area (Å²) in [5.74, 6) is -0.889. The number of alkyl halides is 3. The summed E-state index contributed by atoms with van der Waals surface area (Å²) in [7, 11) is 0. The normalized spacial score (nSPS) is 14.9. The van der Waals surface area contributed by atoms with Gasteiger partial charge >= 0.3 is 6.18 Å². The molecule has 0 fully saturated rings. The molecule has 148 valence electrons. The highest BCUT2D eigenvalue weighted by Crippen LogP contribution is 2.43. The third kappa shape index (κ3) is 3.44. The highest BCUT2D eigenvalue weighted by Gasteiger charge is 2.32. The molecule has 4 rings (SSSR count). The Morgan fingerprint density at radius 3 is 2.59 bits per heavy atom. The Kier molecular flexibility index (Phi) is 4.34. The summed E-state index contributed by atoms with van der Waals surface area (Å²) >= 11 is 0. The topological polar surface area (TPSA) is 79.9 Å². The summed E-state index contributed by atoms with van der Waals surface area (Å²) in [5, 5.41) is 19.3. The Bertz CT molecular complexity index is 1140. The second-order valence-corrected chi connectivity index (χ2v) is 6.36. The summed E-state index contributed by atoms with van der Waals surface area (Å²) in [6.07, 6.45) is -2.88. The zero-order valence-electron chi connectivity index (χ0n) is 14.7. The van der Waals surface area contributed by atoms with Crippen LogP contribution in [0.1, 0.15) is 21.7 Å². The Labute approximate surface area is 162 Å². The quantitative estimate of drug-likeness (QED) is 0.472. The molecule has 5 nitrogen and oxygen atoms in total. The highest BCUT2D eigenvalue weighted by atomic mass is 19.4. The fourth-order valence-corrected chi connectivity index (χ4v) is 2.95. The van der Waals surface area contributed by atoms with Crippen molar-refractivity contribution >= 4 is 5.78 Å². The number of fused-ring (bicyclic) bond motifs is 1. The minimum atomic E-state index is -4.45. The van der Waals surface area contributed by atoms with E-state index in [0.29, 0.717) is 5.76 Å². The third-order valence-electron chi connectivity index (χ3n) is 4.42. The van der Waals surface area contributed by atoms with Crippen LogP contribution in [-0.2, 0) is 12.6 Å². The Balaban J connectivity index is 1.54. The molecule has 0 saturated carbocycles. The Hall–Kier alpha value is -3.68. The molecule has 8 heteroatoms. The number of aromatic hydroxyl groups is 2. The largest absolute Gasteiger partial charge is 0.504 e. The minimum Gasteiger partial charge on any atom is -0.504 e. The molecule has 0 unspecified atom stereocenters. The standard InChI is InChI=1S/C21H13F3O5/c22-21(23,24)12-3-1-2-11(10-12)16-8-4-13(28-16)5-9-17-18(26)14-6-7-15(25)19(27)20(14)29-17/h1-4,6-10,25,27H,5H2. The first-order valence-corrected chi connectivity index (χ1v) is 8.48. The number of phenols is 2. The molecule has 0 bridgehead atoms. The smallest absolute Gasteiger partial charge is 0.416 e. The predicted molar refractivity (Wildman–Crippen MR) is 95.7 cm³/mol. The summed E-state index contributed by atoms with van der Waals surface area (Å²) < 4.78 is 49.5. The van der Waals surface area contributed by atoms with Crippen LogP contribution in [-0.4, -0.2) is 16.0 Å². The number of halogens is 3.